The first-order valence-corrected chi connectivity index (χ1v) is 15.6. The highest BCUT2D eigenvalue weighted by atomic mass is 35.5. The van der Waals surface area contributed by atoms with Gasteiger partial charge in [-0.2, -0.15) is 0 Å². The highest BCUT2D eigenvalue weighted by Gasteiger charge is 2.43. The summed E-state index contributed by atoms with van der Waals surface area (Å²) < 4.78 is 2.36. The summed E-state index contributed by atoms with van der Waals surface area (Å²) in [5.41, 5.74) is 3.44. The second-order valence-corrected chi connectivity index (χ2v) is 14.1. The highest BCUT2D eigenvalue weighted by Crippen LogP contribution is 2.34. The predicted octanol–water partition coefficient (Wildman–Crippen LogP) is 6.81. The van der Waals surface area contributed by atoms with Gasteiger partial charge in [-0.05, 0) is 51.1 Å². The fourth-order valence-electron chi connectivity index (χ4n) is 6.24. The van der Waals surface area contributed by atoms with Crippen molar-refractivity contribution in [1.82, 2.24) is 4.57 Å². The van der Waals surface area contributed by atoms with E-state index in [1.54, 1.807) is 0 Å². The van der Waals surface area contributed by atoms with Crippen LogP contribution in [0.15, 0.2) is 158 Å². The third-order valence-electron chi connectivity index (χ3n) is 7.78. The Morgan fingerprint density at radius 2 is 0.923 bits per heavy atom. The molecule has 0 unspecified atom stereocenters. The van der Waals surface area contributed by atoms with E-state index >= 15 is 0 Å². The van der Waals surface area contributed by atoms with Crippen LogP contribution in [0.25, 0.3) is 27.5 Å². The Kier molecular flexibility index (Phi) is 5.92. The number of hydrogen-bond acceptors (Lipinski definition) is 0. The fourth-order valence-corrected chi connectivity index (χ4v) is 11.6. The van der Waals surface area contributed by atoms with Crippen molar-refractivity contribution < 1.29 is 0 Å². The summed E-state index contributed by atoms with van der Waals surface area (Å²) in [5, 5.41) is 8.56. The third kappa shape index (κ3) is 3.76. The van der Waals surface area contributed by atoms with E-state index in [0.29, 0.717) is 0 Å². The van der Waals surface area contributed by atoms with Gasteiger partial charge in [-0.3, -0.25) is 0 Å². The first kappa shape index (κ1) is 23.7. The van der Waals surface area contributed by atoms with Crippen LogP contribution in [-0.2, 0) is 0 Å². The minimum Gasteiger partial charge on any atom is -0.309 e. The summed E-state index contributed by atoms with van der Waals surface area (Å²) in [7, 11) is -2.80. The van der Waals surface area contributed by atoms with Crippen molar-refractivity contribution in [2.45, 2.75) is 0 Å². The van der Waals surface area contributed by atoms with Crippen LogP contribution in [-0.4, -0.2) is 12.6 Å². The number of para-hydroxylation sites is 2. The molecule has 186 valence electrons. The average molecular weight is 536 g/mol. The van der Waals surface area contributed by atoms with Gasteiger partial charge in [-0.25, -0.2) is 0 Å². The summed E-state index contributed by atoms with van der Waals surface area (Å²) in [5.74, 6) is 0. The summed E-state index contributed by atoms with van der Waals surface area (Å²) in [6, 6.07) is 56.8. The van der Waals surface area contributed by atoms with E-state index in [4.69, 9.17) is 11.6 Å². The number of hydrogen-bond donors (Lipinski definition) is 0. The normalized spacial score (nSPS) is 11.7. The van der Waals surface area contributed by atoms with Gasteiger partial charge in [0, 0.05) is 21.5 Å². The van der Waals surface area contributed by atoms with E-state index in [1.807, 2.05) is 0 Å². The Labute approximate surface area is 234 Å². The molecule has 39 heavy (non-hydrogen) atoms. The van der Waals surface area contributed by atoms with Gasteiger partial charge >= 0.3 is 0 Å². The summed E-state index contributed by atoms with van der Waals surface area (Å²) >= 11 is 7.09. The molecule has 0 aliphatic rings. The lowest BCUT2D eigenvalue weighted by atomic mass is 10.1. The maximum Gasteiger partial charge on any atom is 0.180 e. The van der Waals surface area contributed by atoms with Crippen LogP contribution in [0, 0.1) is 0 Å². The number of rotatable bonds is 5. The Bertz CT molecular complexity index is 1800. The SMILES string of the molecule is Clc1cc([Si](c2ccccc2)(c2ccccc2)c2ccccc2)c2c3ccccc3n(-c3ccccc3)c2c1. The number of fused-ring (bicyclic) bond motifs is 3. The lowest BCUT2D eigenvalue weighted by Gasteiger charge is -2.35. The highest BCUT2D eigenvalue weighted by molar-refractivity contribution is 7.20. The molecule has 0 saturated heterocycles. The van der Waals surface area contributed by atoms with Gasteiger partial charge in [-0.15, -0.1) is 0 Å². The topological polar surface area (TPSA) is 4.93 Å². The molecule has 0 spiro atoms. The van der Waals surface area contributed by atoms with Crippen molar-refractivity contribution in [1.29, 1.82) is 0 Å². The molecule has 3 heteroatoms. The largest absolute Gasteiger partial charge is 0.309 e. The van der Waals surface area contributed by atoms with E-state index in [9.17, 15) is 0 Å². The van der Waals surface area contributed by atoms with Gasteiger partial charge in [0.25, 0.3) is 0 Å². The van der Waals surface area contributed by atoms with E-state index in [1.165, 1.54) is 37.0 Å². The zero-order chi connectivity index (χ0) is 26.2. The summed E-state index contributed by atoms with van der Waals surface area (Å²) in [6.45, 7) is 0. The first-order chi connectivity index (χ1) is 19.3. The van der Waals surface area contributed by atoms with E-state index in [0.717, 1.165) is 16.2 Å². The van der Waals surface area contributed by atoms with Gasteiger partial charge in [0.2, 0.25) is 0 Å². The molecule has 0 aliphatic heterocycles. The standard InChI is InChI=1S/C36H26ClNSi/c37-27-25-34-36(32-23-13-14-24-33(32)38(34)28-15-5-1-6-16-28)35(26-27)39(29-17-7-2-8-18-29,30-19-9-3-10-20-30)31-21-11-4-12-22-31/h1-26H. The molecule has 0 aliphatic carbocycles. The van der Waals surface area contributed by atoms with Crippen molar-refractivity contribution in [3.8, 4) is 5.69 Å². The van der Waals surface area contributed by atoms with Gasteiger partial charge in [-0.1, -0.05) is 139 Å². The monoisotopic (exact) mass is 535 g/mol. The van der Waals surface area contributed by atoms with Crippen molar-refractivity contribution in [2.75, 3.05) is 0 Å². The van der Waals surface area contributed by atoms with Crippen molar-refractivity contribution in [3.63, 3.8) is 0 Å². The van der Waals surface area contributed by atoms with Crippen LogP contribution >= 0.6 is 11.6 Å². The Hall–Kier alpha value is -4.37. The molecule has 1 aromatic heterocycles. The number of aromatic nitrogens is 1. The molecule has 7 aromatic rings. The Morgan fingerprint density at radius 3 is 1.46 bits per heavy atom. The second-order valence-electron chi connectivity index (χ2n) is 9.88. The fraction of sp³-hybridized carbons (Fsp3) is 0. The lowest BCUT2D eigenvalue weighted by Crippen LogP contribution is -2.74. The van der Waals surface area contributed by atoms with Crippen LogP contribution in [0.2, 0.25) is 5.02 Å². The zero-order valence-corrected chi connectivity index (χ0v) is 23.1. The van der Waals surface area contributed by atoms with E-state index in [-0.39, 0.29) is 0 Å². The smallest absolute Gasteiger partial charge is 0.180 e. The van der Waals surface area contributed by atoms with Gasteiger partial charge < -0.3 is 4.57 Å². The van der Waals surface area contributed by atoms with Crippen LogP contribution in [0.4, 0.5) is 0 Å². The Morgan fingerprint density at radius 1 is 0.462 bits per heavy atom. The third-order valence-corrected chi connectivity index (χ3v) is 12.8. The molecule has 1 nitrogen and oxygen atoms in total. The molecule has 7 rings (SSSR count). The molecule has 6 aromatic carbocycles. The molecule has 0 amide bonds. The van der Waals surface area contributed by atoms with E-state index < -0.39 is 8.07 Å². The molecule has 0 radical (unpaired) electrons. The average Bonchev–Trinajstić information content (AvgIpc) is 3.33. The minimum atomic E-state index is -2.80. The van der Waals surface area contributed by atoms with Crippen molar-refractivity contribution >= 4 is 62.2 Å². The maximum absolute atomic E-state index is 7.09. The van der Waals surface area contributed by atoms with Gasteiger partial charge in [0.1, 0.15) is 0 Å². The maximum atomic E-state index is 7.09. The van der Waals surface area contributed by atoms with Crippen molar-refractivity contribution in [2.24, 2.45) is 0 Å². The molecule has 0 fully saturated rings. The number of benzene rings is 6. The lowest BCUT2D eigenvalue weighted by molar-refractivity contribution is 1.18. The Balaban J connectivity index is 1.73. The van der Waals surface area contributed by atoms with Gasteiger partial charge in [0.05, 0.1) is 11.0 Å². The number of halogens is 1. The molecule has 0 atom stereocenters. The number of nitrogens with zero attached hydrogens (tertiary/aromatic N) is 1. The predicted molar refractivity (Wildman–Crippen MR) is 169 cm³/mol. The van der Waals surface area contributed by atoms with Crippen LogP contribution in [0.3, 0.4) is 0 Å². The zero-order valence-electron chi connectivity index (χ0n) is 21.3. The molecular weight excluding hydrogens is 510 g/mol. The molecule has 1 heterocycles. The first-order valence-electron chi connectivity index (χ1n) is 13.2. The quantitative estimate of drug-likeness (QED) is 0.168. The molecular formula is C36H26ClNSi. The minimum absolute atomic E-state index is 0.747. The molecule has 0 N–H and O–H groups in total. The summed E-state index contributed by atoms with van der Waals surface area (Å²) in [6.07, 6.45) is 0. The molecule has 0 bridgehead atoms. The van der Waals surface area contributed by atoms with Crippen LogP contribution < -0.4 is 20.7 Å². The van der Waals surface area contributed by atoms with Crippen molar-refractivity contribution in [3.05, 3.63) is 163 Å². The van der Waals surface area contributed by atoms with E-state index in [2.05, 4.69) is 162 Å². The summed E-state index contributed by atoms with van der Waals surface area (Å²) in [4.78, 5) is 0. The second kappa shape index (κ2) is 9.74. The molecule has 0 saturated carbocycles. The van der Waals surface area contributed by atoms with Gasteiger partial charge in [0.15, 0.2) is 8.07 Å². The van der Waals surface area contributed by atoms with Crippen LogP contribution in [0.5, 0.6) is 0 Å². The van der Waals surface area contributed by atoms with Crippen LogP contribution in [0.1, 0.15) is 0 Å².